The summed E-state index contributed by atoms with van der Waals surface area (Å²) < 4.78 is 40.2. The van der Waals surface area contributed by atoms with Crippen LogP contribution in [0.4, 0.5) is 13.2 Å². The van der Waals surface area contributed by atoms with Crippen LogP contribution in [0.1, 0.15) is 38.0 Å². The van der Waals surface area contributed by atoms with Crippen LogP contribution in [0.5, 0.6) is 0 Å². The molecule has 0 unspecified atom stereocenters. The second-order valence-corrected chi connectivity index (χ2v) is 5.26. The maximum absolute atomic E-state index is 13.0. The molecule has 1 aliphatic heterocycles. The number of hydrogen-bond acceptors (Lipinski definition) is 2. The molecule has 0 aliphatic carbocycles. The average Bonchev–Trinajstić information content (AvgIpc) is 2.54. The zero-order chi connectivity index (χ0) is 12.8. The maximum atomic E-state index is 13.0. The molecule has 2 rings (SSSR count). The van der Waals surface area contributed by atoms with Gasteiger partial charge in [0.25, 0.3) is 0 Å². The van der Waals surface area contributed by atoms with E-state index in [1.807, 2.05) is 0 Å². The zero-order valence-corrected chi connectivity index (χ0v) is 10.1. The fourth-order valence-corrected chi connectivity index (χ4v) is 2.22. The van der Waals surface area contributed by atoms with Gasteiger partial charge in [-0.2, -0.15) is 13.2 Å². The van der Waals surface area contributed by atoms with Crippen molar-refractivity contribution in [3.63, 3.8) is 0 Å². The van der Waals surface area contributed by atoms with E-state index in [0.717, 1.165) is 0 Å². The summed E-state index contributed by atoms with van der Waals surface area (Å²) in [6, 6.07) is 0. The summed E-state index contributed by atoms with van der Waals surface area (Å²) in [6.07, 6.45) is -3.81. The molecule has 1 aromatic heterocycles. The lowest BCUT2D eigenvalue weighted by molar-refractivity contribution is -0.149. The zero-order valence-electron chi connectivity index (χ0n) is 10.1. The largest absolute Gasteiger partial charge is 0.449 e. The van der Waals surface area contributed by atoms with E-state index in [0.29, 0.717) is 30.9 Å². The molecule has 1 aromatic rings. The Morgan fingerprint density at radius 3 is 2.41 bits per heavy atom. The Labute approximate surface area is 98.0 Å². The van der Waals surface area contributed by atoms with Crippen molar-refractivity contribution >= 4 is 0 Å². The van der Waals surface area contributed by atoms with E-state index in [9.17, 15) is 13.2 Å². The van der Waals surface area contributed by atoms with E-state index < -0.39 is 17.5 Å². The van der Waals surface area contributed by atoms with Crippen LogP contribution in [-0.2, 0) is 24.7 Å². The third-order valence-electron chi connectivity index (χ3n) is 2.81. The molecule has 1 aliphatic rings. The quantitative estimate of drug-likeness (QED) is 0.762. The standard InChI is InChI=1S/C11H16F3N3/c1-10(2,3)17-8-4-5-15-6-7(8)16-9(17)11(12,13)14/h15H,4-6H2,1-3H3. The highest BCUT2D eigenvalue weighted by molar-refractivity contribution is 5.23. The smallest absolute Gasteiger partial charge is 0.319 e. The van der Waals surface area contributed by atoms with E-state index in [4.69, 9.17) is 0 Å². The fraction of sp³-hybridized carbons (Fsp3) is 0.727. The summed E-state index contributed by atoms with van der Waals surface area (Å²) >= 11 is 0. The molecule has 2 heterocycles. The minimum atomic E-state index is -4.40. The molecule has 1 N–H and O–H groups in total. The second kappa shape index (κ2) is 3.73. The van der Waals surface area contributed by atoms with Gasteiger partial charge in [0.2, 0.25) is 5.82 Å². The highest BCUT2D eigenvalue weighted by Gasteiger charge is 2.41. The van der Waals surface area contributed by atoms with Gasteiger partial charge in [0.15, 0.2) is 0 Å². The lowest BCUT2D eigenvalue weighted by Crippen LogP contribution is -2.32. The summed E-state index contributed by atoms with van der Waals surface area (Å²) in [5.41, 5.74) is 0.630. The highest BCUT2D eigenvalue weighted by atomic mass is 19.4. The molecule has 0 aromatic carbocycles. The van der Waals surface area contributed by atoms with Gasteiger partial charge in [-0.15, -0.1) is 0 Å². The van der Waals surface area contributed by atoms with Crippen molar-refractivity contribution in [3.8, 4) is 0 Å². The van der Waals surface area contributed by atoms with E-state index in [-0.39, 0.29) is 0 Å². The van der Waals surface area contributed by atoms with Gasteiger partial charge in [0.1, 0.15) is 0 Å². The Hall–Kier alpha value is -1.04. The van der Waals surface area contributed by atoms with Gasteiger partial charge in [0, 0.05) is 30.7 Å². The van der Waals surface area contributed by atoms with Crippen LogP contribution in [0.25, 0.3) is 0 Å². The summed E-state index contributed by atoms with van der Waals surface area (Å²) in [6.45, 7) is 6.43. The first-order chi connectivity index (χ1) is 7.71. The van der Waals surface area contributed by atoms with Gasteiger partial charge in [-0.3, -0.25) is 0 Å². The third-order valence-corrected chi connectivity index (χ3v) is 2.81. The van der Waals surface area contributed by atoms with Crippen LogP contribution in [0.15, 0.2) is 0 Å². The molecule has 0 spiro atoms. The van der Waals surface area contributed by atoms with Gasteiger partial charge in [-0.25, -0.2) is 4.98 Å². The number of nitrogens with zero attached hydrogens (tertiary/aromatic N) is 2. The first kappa shape index (κ1) is 12.4. The molecule has 3 nitrogen and oxygen atoms in total. The molecule has 0 atom stereocenters. The van der Waals surface area contributed by atoms with Crippen LogP contribution in [0, 0.1) is 0 Å². The second-order valence-electron chi connectivity index (χ2n) is 5.26. The number of imidazole rings is 1. The van der Waals surface area contributed by atoms with Crippen molar-refractivity contribution in [2.45, 2.75) is 45.5 Å². The lowest BCUT2D eigenvalue weighted by Gasteiger charge is -2.28. The molecule has 17 heavy (non-hydrogen) atoms. The number of rotatable bonds is 0. The Balaban J connectivity index is 2.64. The first-order valence-corrected chi connectivity index (χ1v) is 5.60. The van der Waals surface area contributed by atoms with Crippen molar-refractivity contribution in [1.29, 1.82) is 0 Å². The molecule has 0 saturated heterocycles. The molecular weight excluding hydrogens is 231 g/mol. The van der Waals surface area contributed by atoms with Crippen molar-refractivity contribution in [2.75, 3.05) is 6.54 Å². The summed E-state index contributed by atoms with van der Waals surface area (Å²) in [4.78, 5) is 3.76. The van der Waals surface area contributed by atoms with Gasteiger partial charge in [-0.1, -0.05) is 0 Å². The molecule has 6 heteroatoms. The number of aromatic nitrogens is 2. The molecule has 0 amide bonds. The van der Waals surface area contributed by atoms with E-state index >= 15 is 0 Å². The number of alkyl halides is 3. The molecule has 0 saturated carbocycles. The lowest BCUT2D eigenvalue weighted by atomic mass is 10.1. The van der Waals surface area contributed by atoms with Gasteiger partial charge < -0.3 is 9.88 Å². The van der Waals surface area contributed by atoms with Gasteiger partial charge >= 0.3 is 6.18 Å². The maximum Gasteiger partial charge on any atom is 0.449 e. The number of nitrogens with one attached hydrogen (secondary N) is 1. The summed E-state index contributed by atoms with van der Waals surface area (Å²) in [5, 5.41) is 3.04. The Kier molecular flexibility index (Phi) is 2.72. The van der Waals surface area contributed by atoms with Crippen molar-refractivity contribution in [2.24, 2.45) is 0 Å². The number of hydrogen-bond donors (Lipinski definition) is 1. The number of fused-ring (bicyclic) bond motifs is 1. The van der Waals surface area contributed by atoms with Crippen molar-refractivity contribution in [3.05, 3.63) is 17.2 Å². The molecule has 96 valence electrons. The predicted octanol–water partition coefficient (Wildman–Crippen LogP) is 2.30. The highest BCUT2D eigenvalue weighted by Crippen LogP contribution is 2.35. The Bertz CT molecular complexity index is 426. The normalized spacial score (nSPS) is 17.1. The minimum Gasteiger partial charge on any atom is -0.319 e. The fourth-order valence-electron chi connectivity index (χ4n) is 2.22. The monoisotopic (exact) mass is 247 g/mol. The van der Waals surface area contributed by atoms with Gasteiger partial charge in [-0.05, 0) is 20.8 Å². The average molecular weight is 247 g/mol. The van der Waals surface area contributed by atoms with E-state index in [2.05, 4.69) is 10.3 Å². The minimum absolute atomic E-state index is 0.418. The topological polar surface area (TPSA) is 29.9 Å². The van der Waals surface area contributed by atoms with Gasteiger partial charge in [0.05, 0.1) is 5.69 Å². The summed E-state index contributed by atoms with van der Waals surface area (Å²) in [7, 11) is 0. The van der Waals surface area contributed by atoms with E-state index in [1.54, 1.807) is 20.8 Å². The third kappa shape index (κ3) is 2.18. The molecule has 0 fully saturated rings. The molecule has 0 bridgehead atoms. The first-order valence-electron chi connectivity index (χ1n) is 5.60. The Morgan fingerprint density at radius 1 is 1.24 bits per heavy atom. The predicted molar refractivity (Wildman–Crippen MR) is 57.6 cm³/mol. The van der Waals surface area contributed by atoms with Crippen LogP contribution in [0.2, 0.25) is 0 Å². The van der Waals surface area contributed by atoms with Crippen molar-refractivity contribution in [1.82, 2.24) is 14.9 Å². The number of halogens is 3. The molecule has 0 radical (unpaired) electrons. The van der Waals surface area contributed by atoms with Crippen molar-refractivity contribution < 1.29 is 13.2 Å². The SMILES string of the molecule is CC(C)(C)n1c(C(F)(F)F)nc2c1CCNC2. The van der Waals surface area contributed by atoms with Crippen LogP contribution in [0.3, 0.4) is 0 Å². The van der Waals surface area contributed by atoms with Crippen LogP contribution >= 0.6 is 0 Å². The molecular formula is C11H16F3N3. The Morgan fingerprint density at radius 2 is 1.88 bits per heavy atom. The van der Waals surface area contributed by atoms with Crippen LogP contribution in [-0.4, -0.2) is 16.1 Å². The summed E-state index contributed by atoms with van der Waals surface area (Å²) in [5.74, 6) is -0.779. The van der Waals surface area contributed by atoms with Crippen LogP contribution < -0.4 is 5.32 Å². The van der Waals surface area contributed by atoms with E-state index in [1.165, 1.54) is 4.57 Å².